The highest BCUT2D eigenvalue weighted by molar-refractivity contribution is 5.94. The molecule has 2 N–H and O–H groups in total. The molecule has 3 rings (SSSR count). The molecule has 0 radical (unpaired) electrons. The molecule has 1 amide bonds. The lowest BCUT2D eigenvalue weighted by atomic mass is 10.1. The minimum atomic E-state index is -0.150. The summed E-state index contributed by atoms with van der Waals surface area (Å²) in [4.78, 5) is 20.4. The van der Waals surface area contributed by atoms with Crippen molar-refractivity contribution in [1.82, 2.24) is 15.3 Å². The van der Waals surface area contributed by atoms with Gasteiger partial charge in [0.2, 0.25) is 0 Å². The van der Waals surface area contributed by atoms with Crippen LogP contribution in [0, 0.1) is 6.92 Å². The highest BCUT2D eigenvalue weighted by atomic mass is 16.1. The Hall–Kier alpha value is -3.21. The third kappa shape index (κ3) is 4.88. The summed E-state index contributed by atoms with van der Waals surface area (Å²) in [5.74, 6) is -0.150. The highest BCUT2D eigenvalue weighted by Crippen LogP contribution is 2.11. The van der Waals surface area contributed by atoms with Gasteiger partial charge in [0.15, 0.2) is 0 Å². The van der Waals surface area contributed by atoms with Crippen LogP contribution in [0.15, 0.2) is 67.3 Å². The lowest BCUT2D eigenvalue weighted by Crippen LogP contribution is -2.23. The van der Waals surface area contributed by atoms with Crippen molar-refractivity contribution in [2.24, 2.45) is 0 Å². The van der Waals surface area contributed by atoms with Crippen molar-refractivity contribution >= 4 is 11.6 Å². The highest BCUT2D eigenvalue weighted by Gasteiger charge is 2.07. The molecule has 2 heterocycles. The first-order valence-electron chi connectivity index (χ1n) is 8.12. The second-order valence-electron chi connectivity index (χ2n) is 5.84. The summed E-state index contributed by atoms with van der Waals surface area (Å²) >= 11 is 0. The van der Waals surface area contributed by atoms with Crippen LogP contribution in [0.4, 0.5) is 5.69 Å². The van der Waals surface area contributed by atoms with Crippen LogP contribution in [0.5, 0.6) is 0 Å². The van der Waals surface area contributed by atoms with Gasteiger partial charge in [-0.2, -0.15) is 0 Å². The third-order valence-electron chi connectivity index (χ3n) is 3.78. The predicted molar refractivity (Wildman–Crippen MR) is 98.1 cm³/mol. The molecule has 0 unspecified atom stereocenters. The van der Waals surface area contributed by atoms with Crippen LogP contribution in [0.25, 0.3) is 0 Å². The summed E-state index contributed by atoms with van der Waals surface area (Å²) in [6.07, 6.45) is 6.70. The molecule has 1 aromatic carbocycles. The summed E-state index contributed by atoms with van der Waals surface area (Å²) in [6, 6.07) is 13.9. The molecule has 0 fully saturated rings. The molecule has 0 saturated carbocycles. The van der Waals surface area contributed by atoms with Gasteiger partial charge in [0, 0.05) is 37.9 Å². The maximum absolute atomic E-state index is 12.3. The number of nitrogens with zero attached hydrogens (tertiary/aromatic N) is 2. The lowest BCUT2D eigenvalue weighted by Gasteiger charge is -2.09. The van der Waals surface area contributed by atoms with Gasteiger partial charge in [0.1, 0.15) is 0 Å². The molecule has 5 heteroatoms. The van der Waals surface area contributed by atoms with E-state index in [1.807, 2.05) is 24.3 Å². The van der Waals surface area contributed by atoms with E-state index in [0.717, 1.165) is 11.3 Å². The normalized spacial score (nSPS) is 10.3. The van der Waals surface area contributed by atoms with E-state index in [2.05, 4.69) is 45.7 Å². The van der Waals surface area contributed by atoms with Crippen LogP contribution in [-0.4, -0.2) is 15.9 Å². The summed E-state index contributed by atoms with van der Waals surface area (Å²) in [7, 11) is 0. The molecule has 5 nitrogen and oxygen atoms in total. The summed E-state index contributed by atoms with van der Waals surface area (Å²) in [5, 5.41) is 6.20. The van der Waals surface area contributed by atoms with Crippen molar-refractivity contribution in [3.63, 3.8) is 0 Å². The second kappa shape index (κ2) is 8.06. The van der Waals surface area contributed by atoms with E-state index >= 15 is 0 Å². The zero-order chi connectivity index (χ0) is 17.5. The number of anilines is 1. The fraction of sp³-hybridized carbons (Fsp3) is 0.150. The first-order valence-corrected chi connectivity index (χ1v) is 8.12. The second-order valence-corrected chi connectivity index (χ2v) is 5.84. The van der Waals surface area contributed by atoms with Gasteiger partial charge >= 0.3 is 0 Å². The fourth-order valence-corrected chi connectivity index (χ4v) is 2.47. The number of rotatable bonds is 6. The molecule has 0 saturated heterocycles. The number of nitrogens with one attached hydrogen (secondary N) is 2. The number of aryl methyl sites for hydroxylation is 1. The Morgan fingerprint density at radius 2 is 1.80 bits per heavy atom. The van der Waals surface area contributed by atoms with Crippen molar-refractivity contribution < 1.29 is 4.79 Å². The maximum Gasteiger partial charge on any atom is 0.253 e. The van der Waals surface area contributed by atoms with Crippen molar-refractivity contribution in [2.45, 2.75) is 20.0 Å². The molecule has 0 aliphatic heterocycles. The van der Waals surface area contributed by atoms with Crippen molar-refractivity contribution in [2.75, 3.05) is 5.32 Å². The van der Waals surface area contributed by atoms with Gasteiger partial charge < -0.3 is 10.6 Å². The Bertz CT molecular complexity index is 849. The third-order valence-corrected chi connectivity index (χ3v) is 3.78. The molecule has 2 aromatic heterocycles. The van der Waals surface area contributed by atoms with Gasteiger partial charge in [-0.05, 0) is 36.2 Å². The number of hydrogen-bond donors (Lipinski definition) is 2. The molecule has 25 heavy (non-hydrogen) atoms. The van der Waals surface area contributed by atoms with Crippen LogP contribution in [0.2, 0.25) is 0 Å². The van der Waals surface area contributed by atoms with E-state index in [1.165, 1.54) is 11.1 Å². The van der Waals surface area contributed by atoms with Gasteiger partial charge in [-0.3, -0.25) is 14.8 Å². The zero-order valence-electron chi connectivity index (χ0n) is 14.1. The van der Waals surface area contributed by atoms with E-state index in [0.29, 0.717) is 18.7 Å². The average molecular weight is 332 g/mol. The first kappa shape index (κ1) is 16.6. The van der Waals surface area contributed by atoms with Gasteiger partial charge in [-0.1, -0.05) is 29.8 Å². The number of benzene rings is 1. The van der Waals surface area contributed by atoms with Crippen LogP contribution >= 0.6 is 0 Å². The van der Waals surface area contributed by atoms with E-state index in [1.54, 1.807) is 24.8 Å². The summed E-state index contributed by atoms with van der Waals surface area (Å²) in [6.45, 7) is 3.21. The Morgan fingerprint density at radius 1 is 0.960 bits per heavy atom. The number of hydrogen-bond acceptors (Lipinski definition) is 4. The number of carbonyl (C=O) groups is 1. The quantitative estimate of drug-likeness (QED) is 0.726. The monoisotopic (exact) mass is 332 g/mol. The number of amides is 1. The number of pyridine rings is 2. The Kier molecular flexibility index (Phi) is 5.36. The predicted octanol–water partition coefficient (Wildman–Crippen LogP) is 3.33. The SMILES string of the molecule is Cc1cccc(CNc2cncc(C(=O)NCc3ccncc3)c2)c1. The summed E-state index contributed by atoms with van der Waals surface area (Å²) < 4.78 is 0. The lowest BCUT2D eigenvalue weighted by molar-refractivity contribution is 0.0950. The van der Waals surface area contributed by atoms with Crippen molar-refractivity contribution in [1.29, 1.82) is 0 Å². The Labute approximate surface area is 147 Å². The van der Waals surface area contributed by atoms with E-state index in [9.17, 15) is 4.79 Å². The Balaban J connectivity index is 1.59. The van der Waals surface area contributed by atoms with E-state index < -0.39 is 0 Å². The molecule has 126 valence electrons. The van der Waals surface area contributed by atoms with Crippen molar-refractivity contribution in [3.8, 4) is 0 Å². The fourth-order valence-electron chi connectivity index (χ4n) is 2.47. The molecule has 0 aliphatic carbocycles. The number of carbonyl (C=O) groups excluding carboxylic acids is 1. The molecular formula is C20H20N4O. The minimum Gasteiger partial charge on any atom is -0.380 e. The van der Waals surface area contributed by atoms with E-state index in [4.69, 9.17) is 0 Å². The molecule has 0 spiro atoms. The van der Waals surface area contributed by atoms with Crippen LogP contribution in [-0.2, 0) is 13.1 Å². The largest absolute Gasteiger partial charge is 0.380 e. The van der Waals surface area contributed by atoms with Gasteiger partial charge in [-0.15, -0.1) is 0 Å². The summed E-state index contributed by atoms with van der Waals surface area (Å²) in [5.41, 5.74) is 4.76. The molecule has 0 atom stereocenters. The zero-order valence-corrected chi connectivity index (χ0v) is 14.1. The number of aromatic nitrogens is 2. The Morgan fingerprint density at radius 3 is 2.60 bits per heavy atom. The standard InChI is InChI=1S/C20H20N4O/c1-15-3-2-4-17(9-15)12-23-19-10-18(13-22-14-19)20(25)24-11-16-5-7-21-8-6-16/h2-10,13-14,23H,11-12H2,1H3,(H,24,25). The smallest absolute Gasteiger partial charge is 0.253 e. The maximum atomic E-state index is 12.3. The first-order chi connectivity index (χ1) is 12.2. The van der Waals surface area contributed by atoms with Crippen LogP contribution in [0.1, 0.15) is 27.0 Å². The molecular weight excluding hydrogens is 312 g/mol. The topological polar surface area (TPSA) is 66.9 Å². The minimum absolute atomic E-state index is 0.150. The van der Waals surface area contributed by atoms with Gasteiger partial charge in [0.05, 0.1) is 11.3 Å². The van der Waals surface area contributed by atoms with Gasteiger partial charge in [-0.25, -0.2) is 0 Å². The molecule has 3 aromatic rings. The van der Waals surface area contributed by atoms with E-state index in [-0.39, 0.29) is 5.91 Å². The van der Waals surface area contributed by atoms with Crippen LogP contribution < -0.4 is 10.6 Å². The van der Waals surface area contributed by atoms with Gasteiger partial charge in [0.25, 0.3) is 5.91 Å². The van der Waals surface area contributed by atoms with Crippen LogP contribution in [0.3, 0.4) is 0 Å². The average Bonchev–Trinajstić information content (AvgIpc) is 2.65. The van der Waals surface area contributed by atoms with Crippen molar-refractivity contribution in [3.05, 3.63) is 89.5 Å². The molecule has 0 bridgehead atoms. The molecule has 0 aliphatic rings.